The van der Waals surface area contributed by atoms with Gasteiger partial charge in [-0.3, -0.25) is 14.4 Å². The number of hydrogen-bond acceptors (Lipinski definition) is 5. The molecule has 2 aliphatic heterocycles. The van der Waals surface area contributed by atoms with Crippen LogP contribution in [0.5, 0.6) is 0 Å². The first-order valence-corrected chi connectivity index (χ1v) is 12.3. The van der Waals surface area contributed by atoms with Crippen LogP contribution in [0, 0.1) is 0 Å². The van der Waals surface area contributed by atoms with Crippen molar-refractivity contribution >= 4 is 23.7 Å². The van der Waals surface area contributed by atoms with E-state index in [0.29, 0.717) is 25.7 Å². The topological polar surface area (TPSA) is 105 Å². The normalized spacial score (nSPS) is 27.2. The van der Waals surface area contributed by atoms with Crippen molar-refractivity contribution in [1.82, 2.24) is 15.5 Å². The summed E-state index contributed by atoms with van der Waals surface area (Å²) in [6, 6.07) is 6.27. The molecule has 0 radical (unpaired) electrons. The molecule has 0 spiro atoms. The van der Waals surface area contributed by atoms with E-state index >= 15 is 0 Å². The number of fused-ring (bicyclic) bond motifs is 2. The lowest BCUT2D eigenvalue weighted by atomic mass is 9.87. The molecular weight excluding hydrogens is 434 g/mol. The van der Waals surface area contributed by atoms with Crippen LogP contribution in [0.1, 0.15) is 82.9 Å². The number of carbonyl (C=O) groups excluding carboxylic acids is 4. The molecule has 1 aliphatic carbocycles. The maximum atomic E-state index is 13.6. The Labute approximate surface area is 200 Å². The van der Waals surface area contributed by atoms with E-state index in [1.54, 1.807) is 25.7 Å². The van der Waals surface area contributed by atoms with Gasteiger partial charge in [0.25, 0.3) is 0 Å². The molecule has 8 heteroatoms. The van der Waals surface area contributed by atoms with Gasteiger partial charge in [0.15, 0.2) is 0 Å². The number of alkyl carbamates (subject to hydrolysis) is 1. The second kappa shape index (κ2) is 9.76. The van der Waals surface area contributed by atoms with Crippen LogP contribution in [0.3, 0.4) is 0 Å². The number of nitrogens with one attached hydrogen (secondary N) is 2. The second-order valence-electron chi connectivity index (χ2n) is 10.6. The Kier molecular flexibility index (Phi) is 6.96. The summed E-state index contributed by atoms with van der Waals surface area (Å²) in [5.74, 6) is -0.619. The van der Waals surface area contributed by atoms with Gasteiger partial charge >= 0.3 is 6.09 Å². The number of nitrogens with zero attached hydrogens (tertiary/aromatic N) is 1. The van der Waals surface area contributed by atoms with Crippen LogP contribution in [0.4, 0.5) is 4.79 Å². The van der Waals surface area contributed by atoms with E-state index in [1.165, 1.54) is 5.56 Å². The van der Waals surface area contributed by atoms with Crippen LogP contribution in [-0.2, 0) is 25.5 Å². The molecule has 4 rings (SSSR count). The van der Waals surface area contributed by atoms with Gasteiger partial charge in [-0.05, 0) is 70.4 Å². The minimum absolute atomic E-state index is 0.0687. The summed E-state index contributed by atoms with van der Waals surface area (Å²) in [5, 5.41) is 5.78. The van der Waals surface area contributed by atoms with Gasteiger partial charge in [-0.2, -0.15) is 0 Å². The second-order valence-corrected chi connectivity index (χ2v) is 10.6. The Bertz CT molecular complexity index is 969. The van der Waals surface area contributed by atoms with E-state index in [2.05, 4.69) is 22.8 Å². The van der Waals surface area contributed by atoms with Crippen LogP contribution in [0.2, 0.25) is 0 Å². The number of carbonyl (C=O) groups is 4. The molecule has 0 aromatic heterocycles. The molecule has 1 aromatic carbocycles. The number of hydrogen-bond donors (Lipinski definition) is 2. The molecule has 1 aromatic rings. The summed E-state index contributed by atoms with van der Waals surface area (Å²) in [6.07, 6.45) is 4.12. The van der Waals surface area contributed by atoms with Crippen molar-refractivity contribution in [2.75, 3.05) is 0 Å². The highest BCUT2D eigenvalue weighted by Gasteiger charge is 2.45. The Morgan fingerprint density at radius 2 is 1.74 bits per heavy atom. The first-order chi connectivity index (χ1) is 16.1. The van der Waals surface area contributed by atoms with Gasteiger partial charge in [0.1, 0.15) is 23.5 Å². The van der Waals surface area contributed by atoms with E-state index in [9.17, 15) is 19.2 Å². The van der Waals surface area contributed by atoms with Gasteiger partial charge in [0.05, 0.1) is 6.04 Å². The van der Waals surface area contributed by atoms with E-state index in [-0.39, 0.29) is 36.1 Å². The fourth-order valence-corrected chi connectivity index (χ4v) is 5.42. The van der Waals surface area contributed by atoms with Gasteiger partial charge in [-0.1, -0.05) is 24.3 Å². The van der Waals surface area contributed by atoms with Crippen molar-refractivity contribution in [3.8, 4) is 0 Å². The van der Waals surface area contributed by atoms with Crippen molar-refractivity contribution in [2.45, 2.75) is 102 Å². The Morgan fingerprint density at radius 3 is 2.50 bits per heavy atom. The molecule has 184 valence electrons. The smallest absolute Gasteiger partial charge is 0.408 e. The number of rotatable bonds is 3. The fraction of sp³-hybridized carbons (Fsp3) is 0.615. The van der Waals surface area contributed by atoms with Crippen LogP contribution in [-0.4, -0.2) is 52.3 Å². The van der Waals surface area contributed by atoms with Crippen LogP contribution in [0.15, 0.2) is 24.3 Å². The Hall–Kier alpha value is -2.90. The molecule has 3 amide bonds. The van der Waals surface area contributed by atoms with E-state index in [0.717, 1.165) is 24.8 Å². The van der Waals surface area contributed by atoms with Gasteiger partial charge in [0.2, 0.25) is 11.8 Å². The fourth-order valence-electron chi connectivity index (χ4n) is 5.42. The number of aryl methyl sites for hydroxylation is 1. The largest absolute Gasteiger partial charge is 0.444 e. The zero-order valence-electron chi connectivity index (χ0n) is 20.3. The first-order valence-electron chi connectivity index (χ1n) is 12.3. The minimum Gasteiger partial charge on any atom is -0.444 e. The third kappa shape index (κ3) is 5.42. The number of ketones is 1. The molecule has 34 heavy (non-hydrogen) atoms. The molecule has 4 atom stereocenters. The van der Waals surface area contributed by atoms with Crippen molar-refractivity contribution in [3.63, 3.8) is 0 Å². The molecule has 2 fully saturated rings. The molecule has 0 saturated carbocycles. The summed E-state index contributed by atoms with van der Waals surface area (Å²) in [4.78, 5) is 53.4. The van der Waals surface area contributed by atoms with Crippen molar-refractivity contribution < 1.29 is 23.9 Å². The first kappa shape index (κ1) is 24.2. The van der Waals surface area contributed by atoms with Gasteiger partial charge in [-0.15, -0.1) is 0 Å². The SMILES string of the molecule is CC(C)(C)OC(=O)N[C@H]1CC(=O)CC[C@H]2CC[C@@H](C(=O)N[C@@H]3CCCc4ccccc43)N2C1=O. The molecular formula is C26H35N3O5. The molecule has 0 bridgehead atoms. The number of Topliss-reactive ketones (excluding diaryl/α,β-unsaturated/α-hetero) is 1. The lowest BCUT2D eigenvalue weighted by Crippen LogP contribution is -2.57. The van der Waals surface area contributed by atoms with Crippen LogP contribution >= 0.6 is 0 Å². The summed E-state index contributed by atoms with van der Waals surface area (Å²) in [7, 11) is 0. The molecule has 2 N–H and O–H groups in total. The average molecular weight is 470 g/mol. The number of ether oxygens (including phenoxy) is 1. The van der Waals surface area contributed by atoms with Gasteiger partial charge in [0, 0.05) is 18.9 Å². The number of benzene rings is 1. The van der Waals surface area contributed by atoms with Crippen molar-refractivity contribution in [3.05, 3.63) is 35.4 Å². The van der Waals surface area contributed by atoms with E-state index < -0.39 is 23.8 Å². The molecule has 8 nitrogen and oxygen atoms in total. The standard InChI is InChI=1S/C26H35N3O5/c1-26(2,3)34-25(33)28-21-15-18(30)13-11-17-12-14-22(29(17)24(21)32)23(31)27-20-10-6-8-16-7-4-5-9-19(16)20/h4-5,7,9,17,20-22H,6,8,10-15H2,1-3H3,(H,27,31)(H,28,33)/t17-,20+,21-,22-/m0/s1. The van der Waals surface area contributed by atoms with Gasteiger partial charge in [-0.25, -0.2) is 4.79 Å². The monoisotopic (exact) mass is 469 g/mol. The average Bonchev–Trinajstić information content (AvgIpc) is 3.19. The Balaban J connectivity index is 1.50. The third-order valence-corrected chi connectivity index (χ3v) is 6.92. The van der Waals surface area contributed by atoms with Crippen molar-refractivity contribution in [2.24, 2.45) is 0 Å². The highest BCUT2D eigenvalue weighted by molar-refractivity contribution is 5.96. The summed E-state index contributed by atoms with van der Waals surface area (Å²) in [6.45, 7) is 5.20. The Morgan fingerprint density at radius 1 is 0.971 bits per heavy atom. The third-order valence-electron chi connectivity index (χ3n) is 6.92. The van der Waals surface area contributed by atoms with Crippen molar-refractivity contribution in [1.29, 1.82) is 0 Å². The van der Waals surface area contributed by atoms with E-state index in [4.69, 9.17) is 4.74 Å². The zero-order chi connectivity index (χ0) is 24.5. The summed E-state index contributed by atoms with van der Waals surface area (Å²) < 4.78 is 5.30. The van der Waals surface area contributed by atoms with Crippen LogP contribution < -0.4 is 10.6 Å². The predicted molar refractivity (Wildman–Crippen MR) is 126 cm³/mol. The quantitative estimate of drug-likeness (QED) is 0.707. The summed E-state index contributed by atoms with van der Waals surface area (Å²) >= 11 is 0. The predicted octanol–water partition coefficient (Wildman–Crippen LogP) is 3.19. The zero-order valence-corrected chi connectivity index (χ0v) is 20.3. The highest BCUT2D eigenvalue weighted by atomic mass is 16.6. The highest BCUT2D eigenvalue weighted by Crippen LogP contribution is 2.33. The molecule has 0 unspecified atom stereocenters. The molecule has 2 saturated heterocycles. The maximum absolute atomic E-state index is 13.6. The maximum Gasteiger partial charge on any atom is 0.408 e. The number of amides is 3. The van der Waals surface area contributed by atoms with Gasteiger partial charge < -0.3 is 20.3 Å². The molecule has 2 heterocycles. The molecule has 3 aliphatic rings. The summed E-state index contributed by atoms with van der Waals surface area (Å²) in [5.41, 5.74) is 1.67. The van der Waals surface area contributed by atoms with Crippen LogP contribution in [0.25, 0.3) is 0 Å². The van der Waals surface area contributed by atoms with E-state index in [1.807, 2.05) is 12.1 Å². The minimum atomic E-state index is -1.03. The lowest BCUT2D eigenvalue weighted by molar-refractivity contribution is -0.144. The lowest BCUT2D eigenvalue weighted by Gasteiger charge is -2.36.